The van der Waals surface area contributed by atoms with E-state index in [9.17, 15) is 0 Å². The molecule has 0 radical (unpaired) electrons. The van der Waals surface area contributed by atoms with Gasteiger partial charge in [-0.25, -0.2) is 0 Å². The van der Waals surface area contributed by atoms with Gasteiger partial charge in [-0.3, -0.25) is 0 Å². The van der Waals surface area contributed by atoms with Gasteiger partial charge in [0.05, 0.1) is 11.1 Å². The number of fused-ring (bicyclic) bond motifs is 4. The fourth-order valence-electron chi connectivity index (χ4n) is 8.98. The topological polar surface area (TPSA) is 16.4 Å². The van der Waals surface area contributed by atoms with Crippen LogP contribution < -0.4 is 4.90 Å². The van der Waals surface area contributed by atoms with E-state index < -0.39 is 0 Å². The van der Waals surface area contributed by atoms with Gasteiger partial charge in [0.15, 0.2) is 0 Å². The van der Waals surface area contributed by atoms with E-state index in [1.165, 1.54) is 49.7 Å². The van der Waals surface area contributed by atoms with Gasteiger partial charge in [0, 0.05) is 16.8 Å². The number of furan rings is 1. The van der Waals surface area contributed by atoms with Gasteiger partial charge < -0.3 is 9.32 Å². The Hall–Kier alpha value is -7.94. The molecule has 0 aliphatic heterocycles. The summed E-state index contributed by atoms with van der Waals surface area (Å²) in [5.74, 6) is 0. The predicted molar refractivity (Wildman–Crippen MR) is 253 cm³/mol. The maximum atomic E-state index is 6.49. The van der Waals surface area contributed by atoms with Gasteiger partial charge in [0.25, 0.3) is 0 Å². The number of rotatable bonds is 8. The van der Waals surface area contributed by atoms with Gasteiger partial charge >= 0.3 is 0 Å². The second kappa shape index (κ2) is 15.1. The van der Waals surface area contributed by atoms with Gasteiger partial charge in [0.1, 0.15) is 11.2 Å². The molecule has 0 aliphatic rings. The normalized spacial score (nSPS) is 11.3. The van der Waals surface area contributed by atoms with Crippen molar-refractivity contribution in [2.75, 3.05) is 4.90 Å². The zero-order chi connectivity index (χ0) is 39.8. The molecule has 11 rings (SSSR count). The first-order valence-electron chi connectivity index (χ1n) is 20.5. The molecule has 0 saturated heterocycles. The molecule has 0 unspecified atom stereocenters. The second-order valence-corrected chi connectivity index (χ2v) is 15.2. The summed E-state index contributed by atoms with van der Waals surface area (Å²) in [4.78, 5) is 2.40. The molecule has 282 valence electrons. The first-order chi connectivity index (χ1) is 29.8. The van der Waals surface area contributed by atoms with Gasteiger partial charge in [-0.2, -0.15) is 0 Å². The molecule has 1 aromatic heterocycles. The van der Waals surface area contributed by atoms with Crippen LogP contribution in [-0.2, 0) is 0 Å². The van der Waals surface area contributed by atoms with E-state index in [0.717, 1.165) is 55.7 Å². The third kappa shape index (κ3) is 6.23. The zero-order valence-electron chi connectivity index (χ0n) is 32.9. The second-order valence-electron chi connectivity index (χ2n) is 15.2. The predicted octanol–water partition coefficient (Wildman–Crippen LogP) is 16.5. The summed E-state index contributed by atoms with van der Waals surface area (Å²) < 4.78 is 6.49. The first-order valence-corrected chi connectivity index (χ1v) is 20.5. The Morgan fingerprint density at radius 2 is 0.767 bits per heavy atom. The van der Waals surface area contributed by atoms with Crippen molar-refractivity contribution in [3.8, 4) is 55.6 Å². The molecule has 0 N–H and O–H groups in total. The molecule has 0 aliphatic carbocycles. The van der Waals surface area contributed by atoms with Crippen LogP contribution in [0.1, 0.15) is 0 Å². The lowest BCUT2D eigenvalue weighted by atomic mass is 9.84. The van der Waals surface area contributed by atoms with Crippen LogP contribution in [0, 0.1) is 0 Å². The molecule has 10 aromatic carbocycles. The largest absolute Gasteiger partial charge is 0.456 e. The number of benzene rings is 10. The van der Waals surface area contributed by atoms with Crippen LogP contribution in [0.3, 0.4) is 0 Å². The van der Waals surface area contributed by atoms with Crippen molar-refractivity contribution in [2.45, 2.75) is 0 Å². The SMILES string of the molecule is c1ccc(-c2ccccc2-c2c(-c3ccccc3)cccc2-c2cccc(N(c3cccc(-c4cccc5ccccc45)c3)c3cccc4oc5ccccc5c34)c2)cc1. The maximum absolute atomic E-state index is 6.49. The van der Waals surface area contributed by atoms with Gasteiger partial charge in [0.2, 0.25) is 0 Å². The van der Waals surface area contributed by atoms with Crippen LogP contribution >= 0.6 is 0 Å². The van der Waals surface area contributed by atoms with Crippen molar-refractivity contribution in [1.82, 2.24) is 0 Å². The van der Waals surface area contributed by atoms with Crippen molar-refractivity contribution in [1.29, 1.82) is 0 Å². The van der Waals surface area contributed by atoms with E-state index in [0.29, 0.717) is 0 Å². The number of nitrogens with zero attached hydrogens (tertiary/aromatic N) is 1. The molecule has 2 heteroatoms. The highest BCUT2D eigenvalue weighted by molar-refractivity contribution is 6.13. The minimum absolute atomic E-state index is 0.857. The number of hydrogen-bond acceptors (Lipinski definition) is 2. The van der Waals surface area contributed by atoms with Crippen LogP contribution in [0.2, 0.25) is 0 Å². The summed E-state index contributed by atoms with van der Waals surface area (Å²) in [5, 5.41) is 4.62. The van der Waals surface area contributed by atoms with E-state index in [4.69, 9.17) is 4.42 Å². The molecule has 0 fully saturated rings. The van der Waals surface area contributed by atoms with E-state index in [2.05, 4.69) is 235 Å². The van der Waals surface area contributed by atoms with Gasteiger partial charge in [-0.1, -0.05) is 194 Å². The van der Waals surface area contributed by atoms with Gasteiger partial charge in [-0.05, 0) is 109 Å². The van der Waals surface area contributed by atoms with Crippen molar-refractivity contribution < 1.29 is 4.42 Å². The molecular formula is C58H39NO. The molecule has 60 heavy (non-hydrogen) atoms. The van der Waals surface area contributed by atoms with Crippen molar-refractivity contribution in [3.63, 3.8) is 0 Å². The van der Waals surface area contributed by atoms with Crippen molar-refractivity contribution in [2.24, 2.45) is 0 Å². The molecule has 0 saturated carbocycles. The third-order valence-electron chi connectivity index (χ3n) is 11.7. The average molecular weight is 766 g/mol. The van der Waals surface area contributed by atoms with Crippen molar-refractivity contribution >= 4 is 49.8 Å². The van der Waals surface area contributed by atoms with Gasteiger partial charge in [-0.15, -0.1) is 0 Å². The van der Waals surface area contributed by atoms with Crippen molar-refractivity contribution in [3.05, 3.63) is 237 Å². The lowest BCUT2D eigenvalue weighted by Gasteiger charge is -2.27. The summed E-state index contributed by atoms with van der Waals surface area (Å²) >= 11 is 0. The molecule has 0 amide bonds. The Labute approximate surface area is 349 Å². The Balaban J connectivity index is 1.15. The zero-order valence-corrected chi connectivity index (χ0v) is 32.9. The highest BCUT2D eigenvalue weighted by Gasteiger charge is 2.22. The minimum atomic E-state index is 0.857. The van der Waals surface area contributed by atoms with Crippen LogP contribution in [0.15, 0.2) is 241 Å². The highest BCUT2D eigenvalue weighted by Crippen LogP contribution is 2.47. The monoisotopic (exact) mass is 765 g/mol. The minimum Gasteiger partial charge on any atom is -0.456 e. The molecular weight excluding hydrogens is 727 g/mol. The molecule has 2 nitrogen and oxygen atoms in total. The lowest BCUT2D eigenvalue weighted by molar-refractivity contribution is 0.669. The van der Waals surface area contributed by atoms with E-state index in [1.807, 2.05) is 6.07 Å². The maximum Gasteiger partial charge on any atom is 0.137 e. The Kier molecular flexibility index (Phi) is 8.87. The molecule has 11 aromatic rings. The number of anilines is 3. The summed E-state index contributed by atoms with van der Waals surface area (Å²) in [6.45, 7) is 0. The summed E-state index contributed by atoms with van der Waals surface area (Å²) in [7, 11) is 0. The van der Waals surface area contributed by atoms with E-state index in [1.54, 1.807) is 0 Å². The standard InChI is InChI=1S/C58H39NO/c1-3-18-40(19-4-1)48-29-9-10-30-52(48)57-50(42-20-5-2-6-21-42)33-16-34-51(57)44-25-14-27-46(39-44)59(54-35-17-37-56-58(54)53-31-11-12-36-55(53)60-56)45-26-13-24-43(38-45)49-32-15-23-41-22-7-8-28-47(41)49/h1-39H. The highest BCUT2D eigenvalue weighted by atomic mass is 16.3. The first kappa shape index (κ1) is 35.2. The average Bonchev–Trinajstić information content (AvgIpc) is 3.72. The van der Waals surface area contributed by atoms with E-state index in [-0.39, 0.29) is 0 Å². The molecule has 0 spiro atoms. The quantitative estimate of drug-likeness (QED) is 0.153. The number of hydrogen-bond donors (Lipinski definition) is 0. The molecule has 0 atom stereocenters. The Morgan fingerprint density at radius 3 is 1.52 bits per heavy atom. The van der Waals surface area contributed by atoms with Crippen LogP contribution in [0.5, 0.6) is 0 Å². The van der Waals surface area contributed by atoms with E-state index >= 15 is 0 Å². The van der Waals surface area contributed by atoms with Crippen LogP contribution in [-0.4, -0.2) is 0 Å². The third-order valence-corrected chi connectivity index (χ3v) is 11.7. The summed E-state index contributed by atoms with van der Waals surface area (Å²) in [5.41, 5.74) is 16.7. The molecule has 1 heterocycles. The molecule has 0 bridgehead atoms. The smallest absolute Gasteiger partial charge is 0.137 e. The van der Waals surface area contributed by atoms with Crippen LogP contribution in [0.4, 0.5) is 17.1 Å². The fraction of sp³-hybridized carbons (Fsp3) is 0. The summed E-state index contributed by atoms with van der Waals surface area (Å²) in [6, 6.07) is 85.0. The lowest BCUT2D eigenvalue weighted by Crippen LogP contribution is -2.10. The fourth-order valence-corrected chi connectivity index (χ4v) is 8.98. The Morgan fingerprint density at radius 1 is 0.300 bits per heavy atom. The Bertz CT molecular complexity index is 3320. The number of para-hydroxylation sites is 1. The summed E-state index contributed by atoms with van der Waals surface area (Å²) in [6.07, 6.45) is 0. The van der Waals surface area contributed by atoms with Crippen LogP contribution in [0.25, 0.3) is 88.3 Å².